The van der Waals surface area contributed by atoms with Crippen molar-refractivity contribution in [3.8, 4) is 0 Å². The number of halogens is 1. The SMILES string of the molecule is O=C(O)[C@@H]1C[S@](=O)C[C@H](c2cccc(F)c2)N1. The van der Waals surface area contributed by atoms with Gasteiger partial charge in [-0.1, -0.05) is 12.1 Å². The Hall–Kier alpha value is -1.27. The summed E-state index contributed by atoms with van der Waals surface area (Å²) in [5.74, 6) is -0.999. The van der Waals surface area contributed by atoms with Crippen LogP contribution in [0.4, 0.5) is 4.39 Å². The highest BCUT2D eigenvalue weighted by atomic mass is 32.2. The second-order valence-corrected chi connectivity index (χ2v) is 5.48. The molecule has 17 heavy (non-hydrogen) atoms. The summed E-state index contributed by atoms with van der Waals surface area (Å²) < 4.78 is 24.6. The monoisotopic (exact) mass is 257 g/mol. The van der Waals surface area contributed by atoms with E-state index in [1.165, 1.54) is 12.1 Å². The highest BCUT2D eigenvalue weighted by Crippen LogP contribution is 2.20. The molecule has 0 bridgehead atoms. The molecule has 1 aliphatic rings. The zero-order valence-electron chi connectivity index (χ0n) is 8.93. The lowest BCUT2D eigenvalue weighted by atomic mass is 10.1. The number of hydrogen-bond acceptors (Lipinski definition) is 3. The number of carbonyl (C=O) groups is 1. The molecule has 0 spiro atoms. The largest absolute Gasteiger partial charge is 0.480 e. The van der Waals surface area contributed by atoms with Crippen molar-refractivity contribution in [2.45, 2.75) is 12.1 Å². The van der Waals surface area contributed by atoms with Crippen molar-refractivity contribution in [3.63, 3.8) is 0 Å². The first-order chi connectivity index (χ1) is 8.06. The molecule has 6 heteroatoms. The van der Waals surface area contributed by atoms with Gasteiger partial charge in [0.05, 0.1) is 0 Å². The summed E-state index contributed by atoms with van der Waals surface area (Å²) in [7, 11) is -1.19. The average molecular weight is 257 g/mol. The second-order valence-electron chi connectivity index (χ2n) is 3.94. The molecule has 0 saturated carbocycles. The third kappa shape index (κ3) is 2.89. The van der Waals surface area contributed by atoms with Crippen LogP contribution >= 0.6 is 0 Å². The van der Waals surface area contributed by atoms with Gasteiger partial charge in [-0.2, -0.15) is 0 Å². The van der Waals surface area contributed by atoms with Gasteiger partial charge in [-0.3, -0.25) is 14.3 Å². The predicted octanol–water partition coefficient (Wildman–Crippen LogP) is 0.672. The Labute approximate surface area is 100 Å². The van der Waals surface area contributed by atoms with Crippen molar-refractivity contribution >= 4 is 16.8 Å². The Morgan fingerprint density at radius 1 is 1.47 bits per heavy atom. The van der Waals surface area contributed by atoms with Crippen LogP contribution in [0, 0.1) is 5.82 Å². The Morgan fingerprint density at radius 3 is 2.88 bits per heavy atom. The smallest absolute Gasteiger partial charge is 0.321 e. The second kappa shape index (κ2) is 4.93. The van der Waals surface area contributed by atoms with E-state index in [-0.39, 0.29) is 17.6 Å². The molecule has 2 N–H and O–H groups in total. The highest BCUT2D eigenvalue weighted by molar-refractivity contribution is 7.85. The van der Waals surface area contributed by atoms with Gasteiger partial charge in [-0.25, -0.2) is 4.39 Å². The van der Waals surface area contributed by atoms with E-state index in [9.17, 15) is 13.4 Å². The van der Waals surface area contributed by atoms with Crippen LogP contribution in [0.5, 0.6) is 0 Å². The minimum Gasteiger partial charge on any atom is -0.480 e. The van der Waals surface area contributed by atoms with Gasteiger partial charge in [0.2, 0.25) is 0 Å². The Balaban J connectivity index is 2.21. The normalized spacial score (nSPS) is 28.9. The Kier molecular flexibility index (Phi) is 3.54. The van der Waals surface area contributed by atoms with E-state index in [1.54, 1.807) is 12.1 Å². The van der Waals surface area contributed by atoms with Crippen LogP contribution in [0.2, 0.25) is 0 Å². The van der Waals surface area contributed by atoms with Crippen molar-refractivity contribution in [1.29, 1.82) is 0 Å². The molecular weight excluding hydrogens is 245 g/mol. The molecule has 0 aliphatic carbocycles. The summed E-state index contributed by atoms with van der Waals surface area (Å²) in [6.07, 6.45) is 0. The van der Waals surface area contributed by atoms with Crippen LogP contribution in [0.15, 0.2) is 24.3 Å². The van der Waals surface area contributed by atoms with Gasteiger partial charge in [-0.15, -0.1) is 0 Å². The summed E-state index contributed by atoms with van der Waals surface area (Å²) in [6, 6.07) is 4.69. The van der Waals surface area contributed by atoms with Crippen LogP contribution in [-0.2, 0) is 15.6 Å². The predicted molar refractivity (Wildman–Crippen MR) is 61.6 cm³/mol. The molecule has 92 valence electrons. The minimum atomic E-state index is -1.19. The maximum atomic E-state index is 13.1. The molecule has 2 rings (SSSR count). The molecule has 0 radical (unpaired) electrons. The van der Waals surface area contributed by atoms with Crippen molar-refractivity contribution in [1.82, 2.24) is 5.32 Å². The van der Waals surface area contributed by atoms with Crippen LogP contribution < -0.4 is 5.32 Å². The first kappa shape index (κ1) is 12.2. The number of benzene rings is 1. The van der Waals surface area contributed by atoms with E-state index in [2.05, 4.69) is 5.32 Å². The van der Waals surface area contributed by atoms with Gasteiger partial charge in [-0.05, 0) is 17.7 Å². The van der Waals surface area contributed by atoms with Crippen molar-refractivity contribution in [3.05, 3.63) is 35.6 Å². The molecule has 1 saturated heterocycles. The fourth-order valence-corrected chi connectivity index (χ4v) is 3.24. The fraction of sp³-hybridized carbons (Fsp3) is 0.364. The number of rotatable bonds is 2. The zero-order valence-corrected chi connectivity index (χ0v) is 9.74. The fourth-order valence-electron chi connectivity index (χ4n) is 1.84. The van der Waals surface area contributed by atoms with Gasteiger partial charge in [0.1, 0.15) is 11.9 Å². The summed E-state index contributed by atoms with van der Waals surface area (Å²) in [6.45, 7) is 0. The van der Waals surface area contributed by atoms with Crippen LogP contribution in [-0.4, -0.2) is 32.8 Å². The molecule has 1 aromatic carbocycles. The van der Waals surface area contributed by atoms with Crippen LogP contribution in [0.1, 0.15) is 11.6 Å². The number of aliphatic carboxylic acids is 1. The van der Waals surface area contributed by atoms with Crippen LogP contribution in [0.3, 0.4) is 0 Å². The number of nitrogens with one attached hydrogen (secondary N) is 1. The molecule has 4 nitrogen and oxygen atoms in total. The Morgan fingerprint density at radius 2 is 2.24 bits per heavy atom. The average Bonchev–Trinajstić information content (AvgIpc) is 2.28. The standard InChI is InChI=1S/C11H12FNO3S/c12-8-3-1-2-7(4-8)9-5-17(16)6-10(13-9)11(14)15/h1-4,9-10,13H,5-6H2,(H,14,15)/t9-,10+,17-/m1/s1. The van der Waals surface area contributed by atoms with Crippen molar-refractivity contribution in [2.75, 3.05) is 11.5 Å². The lowest BCUT2D eigenvalue weighted by molar-refractivity contribution is -0.139. The van der Waals surface area contributed by atoms with Crippen molar-refractivity contribution < 1.29 is 18.5 Å². The molecule has 1 heterocycles. The first-order valence-electron chi connectivity index (χ1n) is 5.15. The van der Waals surface area contributed by atoms with E-state index in [0.717, 1.165) is 0 Å². The number of carboxylic acid groups (broad SMARTS) is 1. The number of hydrogen-bond donors (Lipinski definition) is 2. The third-order valence-electron chi connectivity index (χ3n) is 2.66. The highest BCUT2D eigenvalue weighted by Gasteiger charge is 2.31. The molecule has 0 amide bonds. The van der Waals surface area contributed by atoms with E-state index < -0.39 is 22.8 Å². The van der Waals surface area contributed by atoms with E-state index in [1.807, 2.05) is 0 Å². The molecule has 1 fully saturated rings. The molecule has 1 aliphatic heterocycles. The Bertz CT molecular complexity index is 466. The number of carboxylic acids is 1. The summed E-state index contributed by atoms with van der Waals surface area (Å²) in [5, 5.41) is 11.8. The van der Waals surface area contributed by atoms with Crippen molar-refractivity contribution in [2.24, 2.45) is 0 Å². The van der Waals surface area contributed by atoms with Gasteiger partial charge in [0.25, 0.3) is 0 Å². The van der Waals surface area contributed by atoms with Gasteiger partial charge in [0.15, 0.2) is 0 Å². The van der Waals surface area contributed by atoms with E-state index in [4.69, 9.17) is 5.11 Å². The van der Waals surface area contributed by atoms with Gasteiger partial charge < -0.3 is 5.11 Å². The maximum absolute atomic E-state index is 13.1. The quantitative estimate of drug-likeness (QED) is 0.817. The summed E-state index contributed by atoms with van der Waals surface area (Å²) in [5.41, 5.74) is 0.629. The molecule has 0 aromatic heterocycles. The minimum absolute atomic E-state index is 0.0984. The molecule has 3 atom stereocenters. The topological polar surface area (TPSA) is 66.4 Å². The maximum Gasteiger partial charge on any atom is 0.321 e. The lowest BCUT2D eigenvalue weighted by Gasteiger charge is -2.28. The van der Waals surface area contributed by atoms with E-state index >= 15 is 0 Å². The summed E-state index contributed by atoms with van der Waals surface area (Å²) >= 11 is 0. The zero-order chi connectivity index (χ0) is 12.4. The van der Waals surface area contributed by atoms with Crippen LogP contribution in [0.25, 0.3) is 0 Å². The van der Waals surface area contributed by atoms with Gasteiger partial charge >= 0.3 is 5.97 Å². The summed E-state index contributed by atoms with van der Waals surface area (Å²) in [4.78, 5) is 10.9. The van der Waals surface area contributed by atoms with Gasteiger partial charge in [0, 0.05) is 28.3 Å². The first-order valence-corrected chi connectivity index (χ1v) is 6.64. The molecule has 0 unspecified atom stereocenters. The lowest BCUT2D eigenvalue weighted by Crippen LogP contribution is -2.49. The van der Waals surface area contributed by atoms with E-state index in [0.29, 0.717) is 11.3 Å². The molecular formula is C11H12FNO3S. The molecule has 1 aromatic rings. The third-order valence-corrected chi connectivity index (χ3v) is 4.07.